The molecule has 0 heterocycles. The van der Waals surface area contributed by atoms with E-state index in [0.29, 0.717) is 12.3 Å². The first-order chi connectivity index (χ1) is 9.08. The third-order valence-electron chi connectivity index (χ3n) is 3.82. The van der Waals surface area contributed by atoms with E-state index in [4.69, 9.17) is 0 Å². The Morgan fingerprint density at radius 1 is 1.26 bits per heavy atom. The van der Waals surface area contributed by atoms with Crippen LogP contribution in [0, 0.1) is 17.6 Å². The highest BCUT2D eigenvalue weighted by Gasteiger charge is 2.19. The van der Waals surface area contributed by atoms with Crippen molar-refractivity contribution in [1.82, 2.24) is 0 Å². The minimum absolute atomic E-state index is 0.0807. The van der Waals surface area contributed by atoms with Crippen LogP contribution in [0.1, 0.15) is 44.1 Å². The molecule has 104 valence electrons. The fraction of sp³-hybridized carbons (Fsp3) is 0.533. The number of hydrogen-bond donors (Lipinski definition) is 0. The second kappa shape index (κ2) is 6.60. The van der Waals surface area contributed by atoms with E-state index < -0.39 is 11.6 Å². The Morgan fingerprint density at radius 3 is 2.63 bits per heavy atom. The fourth-order valence-electron chi connectivity index (χ4n) is 2.68. The monoisotopic (exact) mass is 330 g/mol. The summed E-state index contributed by atoms with van der Waals surface area (Å²) in [6, 6.07) is 2.50. The number of ketones is 1. The van der Waals surface area contributed by atoms with Crippen molar-refractivity contribution >= 4 is 21.7 Å². The molecule has 19 heavy (non-hydrogen) atoms. The van der Waals surface area contributed by atoms with E-state index in [2.05, 4.69) is 15.9 Å². The second-order valence-corrected chi connectivity index (χ2v) is 6.08. The zero-order valence-electron chi connectivity index (χ0n) is 10.7. The van der Waals surface area contributed by atoms with Crippen LogP contribution in [-0.2, 0) is 11.2 Å². The number of benzene rings is 1. The van der Waals surface area contributed by atoms with Crippen molar-refractivity contribution in [3.63, 3.8) is 0 Å². The van der Waals surface area contributed by atoms with E-state index in [1.54, 1.807) is 0 Å². The highest BCUT2D eigenvalue weighted by atomic mass is 79.9. The van der Waals surface area contributed by atoms with E-state index in [-0.39, 0.29) is 22.2 Å². The molecule has 0 aliphatic heterocycles. The number of carbonyl (C=O) groups excluding carboxylic acids is 1. The maximum absolute atomic E-state index is 13.7. The quantitative estimate of drug-likeness (QED) is 0.708. The lowest BCUT2D eigenvalue weighted by Gasteiger charge is -2.09. The van der Waals surface area contributed by atoms with Gasteiger partial charge in [-0.25, -0.2) is 8.78 Å². The molecular weight excluding hydrogens is 314 g/mol. The summed E-state index contributed by atoms with van der Waals surface area (Å²) in [4.78, 5) is 11.8. The molecule has 0 bridgehead atoms. The number of halogens is 3. The largest absolute Gasteiger partial charge is 0.299 e. The molecule has 4 heteroatoms. The zero-order valence-corrected chi connectivity index (χ0v) is 12.3. The van der Waals surface area contributed by atoms with Crippen LogP contribution in [0.5, 0.6) is 0 Å². The number of hydrogen-bond acceptors (Lipinski definition) is 1. The van der Waals surface area contributed by atoms with Gasteiger partial charge >= 0.3 is 0 Å². The zero-order chi connectivity index (χ0) is 13.8. The Labute approximate surface area is 120 Å². The standard InChI is InChI=1S/C15H17BrF2O/c16-13-7-8-14(17)12(15(13)18)9-11(19)6-5-10-3-1-2-4-10/h7-8,10H,1-6,9H2. The van der Waals surface area contributed by atoms with Crippen molar-refractivity contribution < 1.29 is 13.6 Å². The Bertz CT molecular complexity index is 467. The molecule has 0 aromatic heterocycles. The number of Topliss-reactive ketones (excluding diaryl/α,β-unsaturated/α-hetero) is 1. The van der Waals surface area contributed by atoms with Gasteiger partial charge < -0.3 is 0 Å². The van der Waals surface area contributed by atoms with Gasteiger partial charge in [0.1, 0.15) is 17.4 Å². The second-order valence-electron chi connectivity index (χ2n) is 5.23. The van der Waals surface area contributed by atoms with Gasteiger partial charge in [-0.05, 0) is 40.4 Å². The first kappa shape index (κ1) is 14.6. The third-order valence-corrected chi connectivity index (χ3v) is 4.43. The van der Waals surface area contributed by atoms with Gasteiger partial charge in [-0.3, -0.25) is 4.79 Å². The smallest absolute Gasteiger partial charge is 0.143 e. The molecule has 1 aromatic carbocycles. The number of rotatable bonds is 5. The van der Waals surface area contributed by atoms with Crippen molar-refractivity contribution in [2.24, 2.45) is 5.92 Å². The fourth-order valence-corrected chi connectivity index (χ4v) is 3.05. The van der Waals surface area contributed by atoms with Gasteiger partial charge in [0.25, 0.3) is 0 Å². The summed E-state index contributed by atoms with van der Waals surface area (Å²) in [6.45, 7) is 0. The summed E-state index contributed by atoms with van der Waals surface area (Å²) in [7, 11) is 0. The molecule has 0 atom stereocenters. The highest BCUT2D eigenvalue weighted by Crippen LogP contribution is 2.29. The van der Waals surface area contributed by atoms with Crippen LogP contribution in [0.3, 0.4) is 0 Å². The summed E-state index contributed by atoms with van der Waals surface area (Å²) in [5, 5.41) is 0. The van der Waals surface area contributed by atoms with Crippen molar-refractivity contribution in [1.29, 1.82) is 0 Å². The van der Waals surface area contributed by atoms with E-state index in [9.17, 15) is 13.6 Å². The molecule has 0 saturated heterocycles. The predicted molar refractivity (Wildman–Crippen MR) is 74.0 cm³/mol. The van der Waals surface area contributed by atoms with Crippen molar-refractivity contribution in [3.8, 4) is 0 Å². The Morgan fingerprint density at radius 2 is 1.95 bits per heavy atom. The lowest BCUT2D eigenvalue weighted by atomic mass is 9.97. The summed E-state index contributed by atoms with van der Waals surface area (Å²) < 4.78 is 27.4. The van der Waals surface area contributed by atoms with Crippen LogP contribution in [-0.4, -0.2) is 5.78 Å². The average molecular weight is 331 g/mol. The van der Waals surface area contributed by atoms with Crippen LogP contribution in [0.15, 0.2) is 16.6 Å². The first-order valence-electron chi connectivity index (χ1n) is 6.72. The van der Waals surface area contributed by atoms with Crippen LogP contribution in [0.2, 0.25) is 0 Å². The first-order valence-corrected chi connectivity index (χ1v) is 7.51. The lowest BCUT2D eigenvalue weighted by molar-refractivity contribution is -0.118. The van der Waals surface area contributed by atoms with Gasteiger partial charge in [-0.2, -0.15) is 0 Å². The Hall–Kier alpha value is -0.770. The Balaban J connectivity index is 1.93. The van der Waals surface area contributed by atoms with Crippen LogP contribution in [0.4, 0.5) is 8.78 Å². The molecule has 1 aromatic rings. The third kappa shape index (κ3) is 3.85. The maximum Gasteiger partial charge on any atom is 0.143 e. The van der Waals surface area contributed by atoms with Crippen LogP contribution < -0.4 is 0 Å². The molecule has 0 unspecified atom stereocenters. The van der Waals surface area contributed by atoms with Gasteiger partial charge in [-0.15, -0.1) is 0 Å². The van der Waals surface area contributed by atoms with Gasteiger partial charge in [0.05, 0.1) is 4.47 Å². The summed E-state index contributed by atoms with van der Waals surface area (Å²) in [6.07, 6.45) is 6.00. The summed E-state index contributed by atoms with van der Waals surface area (Å²) in [5.41, 5.74) is -0.120. The minimum atomic E-state index is -0.658. The highest BCUT2D eigenvalue weighted by molar-refractivity contribution is 9.10. The van der Waals surface area contributed by atoms with Gasteiger partial charge in [0, 0.05) is 18.4 Å². The molecule has 2 rings (SSSR count). The molecule has 1 aliphatic carbocycles. The average Bonchev–Trinajstić information content (AvgIpc) is 2.90. The molecule has 0 radical (unpaired) electrons. The summed E-state index contributed by atoms with van der Waals surface area (Å²) >= 11 is 3.01. The molecule has 1 fully saturated rings. The van der Waals surface area contributed by atoms with E-state index in [1.807, 2.05) is 0 Å². The molecule has 1 nitrogen and oxygen atoms in total. The Kier molecular flexibility index (Phi) is 5.08. The van der Waals surface area contributed by atoms with Crippen molar-refractivity contribution in [2.75, 3.05) is 0 Å². The molecule has 1 saturated carbocycles. The molecule has 0 amide bonds. The molecular formula is C15H17BrF2O. The normalized spacial score (nSPS) is 15.9. The minimum Gasteiger partial charge on any atom is -0.299 e. The van der Waals surface area contributed by atoms with Gasteiger partial charge in [0.15, 0.2) is 0 Å². The van der Waals surface area contributed by atoms with Crippen LogP contribution >= 0.6 is 15.9 Å². The topological polar surface area (TPSA) is 17.1 Å². The van der Waals surface area contributed by atoms with Gasteiger partial charge in [0.2, 0.25) is 0 Å². The van der Waals surface area contributed by atoms with Gasteiger partial charge in [-0.1, -0.05) is 25.7 Å². The van der Waals surface area contributed by atoms with Crippen molar-refractivity contribution in [3.05, 3.63) is 33.8 Å². The summed E-state index contributed by atoms with van der Waals surface area (Å²) in [5.74, 6) is -0.756. The van der Waals surface area contributed by atoms with Crippen molar-refractivity contribution in [2.45, 2.75) is 44.9 Å². The van der Waals surface area contributed by atoms with E-state index >= 15 is 0 Å². The predicted octanol–water partition coefficient (Wildman–Crippen LogP) is 4.81. The molecule has 0 spiro atoms. The van der Waals surface area contributed by atoms with E-state index in [0.717, 1.165) is 6.42 Å². The van der Waals surface area contributed by atoms with Crippen LogP contribution in [0.25, 0.3) is 0 Å². The SMILES string of the molecule is O=C(CCC1CCCC1)Cc1c(F)ccc(Br)c1F. The lowest BCUT2D eigenvalue weighted by Crippen LogP contribution is -2.09. The molecule has 1 aliphatic rings. The molecule has 0 N–H and O–H groups in total. The maximum atomic E-state index is 13.7. The number of carbonyl (C=O) groups is 1. The van der Waals surface area contributed by atoms with E-state index in [1.165, 1.54) is 37.8 Å².